The van der Waals surface area contributed by atoms with E-state index in [4.69, 9.17) is 14.2 Å². The lowest BCUT2D eigenvalue weighted by Gasteiger charge is -2.18. The van der Waals surface area contributed by atoms with Crippen LogP contribution in [0.5, 0.6) is 0 Å². The first-order valence-electron chi connectivity index (χ1n) is 33.1. The predicted octanol–water partition coefficient (Wildman–Crippen LogP) is 22.7. The lowest BCUT2D eigenvalue weighted by Crippen LogP contribution is -2.30. The van der Waals surface area contributed by atoms with Crippen molar-refractivity contribution in [1.82, 2.24) is 0 Å². The van der Waals surface area contributed by atoms with E-state index in [0.717, 1.165) is 122 Å². The van der Waals surface area contributed by atoms with Gasteiger partial charge in [0, 0.05) is 19.3 Å². The first kappa shape index (κ1) is 73.6. The molecule has 0 aliphatic carbocycles. The Morgan fingerprint density at radius 3 is 0.792 bits per heavy atom. The topological polar surface area (TPSA) is 78.9 Å². The van der Waals surface area contributed by atoms with Gasteiger partial charge < -0.3 is 14.2 Å². The van der Waals surface area contributed by atoms with E-state index in [0.29, 0.717) is 19.3 Å². The third kappa shape index (κ3) is 63.3. The Morgan fingerprint density at radius 1 is 0.273 bits per heavy atom. The van der Waals surface area contributed by atoms with Crippen LogP contribution in [0.1, 0.15) is 329 Å². The molecule has 1 atom stereocenters. The molecule has 6 nitrogen and oxygen atoms in total. The SMILES string of the molecule is CC/C=C\C/C=C\C/C=C\C/C=C\C/C=C\C/C=C\C/C=C\CCCCCCCC(=O)OCC(COC(=O)CCCCCCCCCCCCCC)OC(=O)CCCCCCCCCCCCCCCCCCCCCC. The Morgan fingerprint density at radius 2 is 0.506 bits per heavy atom. The molecule has 0 aromatic heterocycles. The summed E-state index contributed by atoms with van der Waals surface area (Å²) in [6, 6.07) is 0. The molecule has 444 valence electrons. The summed E-state index contributed by atoms with van der Waals surface area (Å²) in [5, 5.41) is 0. The van der Waals surface area contributed by atoms with E-state index in [1.165, 1.54) is 167 Å². The Balaban J connectivity index is 4.32. The highest BCUT2D eigenvalue weighted by Crippen LogP contribution is 2.17. The number of carbonyl (C=O) groups is 3. The van der Waals surface area contributed by atoms with Crippen molar-refractivity contribution in [2.75, 3.05) is 13.2 Å². The van der Waals surface area contributed by atoms with Crippen LogP contribution in [0.25, 0.3) is 0 Å². The predicted molar refractivity (Wildman–Crippen MR) is 334 cm³/mol. The molecular formula is C71H124O6. The fourth-order valence-corrected chi connectivity index (χ4v) is 9.48. The molecule has 0 saturated heterocycles. The number of esters is 3. The monoisotopic (exact) mass is 1070 g/mol. The van der Waals surface area contributed by atoms with Crippen molar-refractivity contribution < 1.29 is 28.6 Å². The molecule has 0 amide bonds. The van der Waals surface area contributed by atoms with E-state index in [1.54, 1.807) is 0 Å². The molecule has 0 N–H and O–H groups in total. The Labute approximate surface area is 477 Å². The summed E-state index contributed by atoms with van der Waals surface area (Å²) in [5.41, 5.74) is 0. The van der Waals surface area contributed by atoms with Gasteiger partial charge in [-0.15, -0.1) is 0 Å². The van der Waals surface area contributed by atoms with Crippen molar-refractivity contribution in [1.29, 1.82) is 0 Å². The maximum absolute atomic E-state index is 12.9. The van der Waals surface area contributed by atoms with Crippen LogP contribution >= 0.6 is 0 Å². The summed E-state index contributed by atoms with van der Waals surface area (Å²) in [5.74, 6) is -0.881. The molecular weight excluding hydrogens is 949 g/mol. The molecule has 0 aliphatic heterocycles. The summed E-state index contributed by atoms with van der Waals surface area (Å²) in [6.07, 6.45) is 85.9. The number of allylic oxidation sites excluding steroid dienone is 14. The van der Waals surface area contributed by atoms with Gasteiger partial charge in [0.05, 0.1) is 0 Å². The number of carbonyl (C=O) groups excluding carboxylic acids is 3. The van der Waals surface area contributed by atoms with Crippen LogP contribution in [-0.4, -0.2) is 37.2 Å². The highest BCUT2D eigenvalue weighted by atomic mass is 16.6. The fraction of sp³-hybridized carbons (Fsp3) is 0.761. The average Bonchev–Trinajstić information content (AvgIpc) is 3.43. The molecule has 0 fully saturated rings. The summed E-state index contributed by atoms with van der Waals surface area (Å²) in [4.78, 5) is 38.3. The van der Waals surface area contributed by atoms with E-state index in [9.17, 15) is 14.4 Å². The quantitative estimate of drug-likeness (QED) is 0.0261. The Hall–Kier alpha value is -3.41. The van der Waals surface area contributed by atoms with Crippen LogP contribution in [0.15, 0.2) is 85.1 Å². The third-order valence-corrected chi connectivity index (χ3v) is 14.4. The normalized spacial score (nSPS) is 12.6. The van der Waals surface area contributed by atoms with Crippen LogP contribution in [0.2, 0.25) is 0 Å². The molecule has 0 bridgehead atoms. The first-order valence-corrected chi connectivity index (χ1v) is 33.1. The maximum atomic E-state index is 12.9. The van der Waals surface area contributed by atoms with Gasteiger partial charge in [0.1, 0.15) is 13.2 Å². The minimum Gasteiger partial charge on any atom is -0.462 e. The van der Waals surface area contributed by atoms with Crippen molar-refractivity contribution in [3.8, 4) is 0 Å². The molecule has 0 spiro atoms. The van der Waals surface area contributed by atoms with Crippen molar-refractivity contribution >= 4 is 17.9 Å². The third-order valence-electron chi connectivity index (χ3n) is 14.4. The molecule has 77 heavy (non-hydrogen) atoms. The molecule has 0 aromatic carbocycles. The Bertz CT molecular complexity index is 1470. The van der Waals surface area contributed by atoms with E-state index in [1.807, 2.05) is 0 Å². The van der Waals surface area contributed by atoms with Crippen LogP contribution < -0.4 is 0 Å². The second-order valence-electron chi connectivity index (χ2n) is 22.0. The minimum atomic E-state index is -0.782. The first-order chi connectivity index (χ1) is 38.0. The van der Waals surface area contributed by atoms with Crippen molar-refractivity contribution in [2.45, 2.75) is 335 Å². The van der Waals surface area contributed by atoms with Crippen LogP contribution in [0.3, 0.4) is 0 Å². The summed E-state index contributed by atoms with van der Waals surface area (Å²) in [6.45, 7) is 6.55. The maximum Gasteiger partial charge on any atom is 0.306 e. The molecule has 0 aromatic rings. The van der Waals surface area contributed by atoms with Crippen molar-refractivity contribution in [2.24, 2.45) is 0 Å². The van der Waals surface area contributed by atoms with Gasteiger partial charge in [-0.05, 0) is 77.0 Å². The van der Waals surface area contributed by atoms with E-state index >= 15 is 0 Å². The lowest BCUT2D eigenvalue weighted by atomic mass is 10.0. The van der Waals surface area contributed by atoms with Gasteiger partial charge in [0.25, 0.3) is 0 Å². The molecule has 0 saturated carbocycles. The number of hydrogen-bond acceptors (Lipinski definition) is 6. The molecule has 6 heteroatoms. The van der Waals surface area contributed by atoms with E-state index < -0.39 is 6.10 Å². The second kappa shape index (κ2) is 65.1. The zero-order valence-corrected chi connectivity index (χ0v) is 51.0. The number of unbranched alkanes of at least 4 members (excludes halogenated alkanes) is 35. The minimum absolute atomic E-state index is 0.0782. The highest BCUT2D eigenvalue weighted by molar-refractivity contribution is 5.71. The molecule has 0 rings (SSSR count). The highest BCUT2D eigenvalue weighted by Gasteiger charge is 2.19. The van der Waals surface area contributed by atoms with Crippen LogP contribution in [-0.2, 0) is 28.6 Å². The summed E-state index contributed by atoms with van der Waals surface area (Å²) >= 11 is 0. The van der Waals surface area contributed by atoms with Crippen molar-refractivity contribution in [3.05, 3.63) is 85.1 Å². The number of hydrogen-bond donors (Lipinski definition) is 0. The lowest BCUT2D eigenvalue weighted by molar-refractivity contribution is -0.167. The smallest absolute Gasteiger partial charge is 0.306 e. The van der Waals surface area contributed by atoms with Crippen LogP contribution in [0, 0.1) is 0 Å². The van der Waals surface area contributed by atoms with Gasteiger partial charge in [-0.2, -0.15) is 0 Å². The summed E-state index contributed by atoms with van der Waals surface area (Å²) < 4.78 is 16.9. The second-order valence-corrected chi connectivity index (χ2v) is 22.0. The number of ether oxygens (including phenoxy) is 3. The van der Waals surface area contributed by atoms with Gasteiger partial charge in [0.2, 0.25) is 0 Å². The zero-order valence-electron chi connectivity index (χ0n) is 51.0. The van der Waals surface area contributed by atoms with Gasteiger partial charge >= 0.3 is 17.9 Å². The van der Waals surface area contributed by atoms with Crippen molar-refractivity contribution in [3.63, 3.8) is 0 Å². The van der Waals surface area contributed by atoms with Gasteiger partial charge in [0.15, 0.2) is 6.10 Å². The van der Waals surface area contributed by atoms with E-state index in [2.05, 4.69) is 106 Å². The Kier molecular flexibility index (Phi) is 62.2. The van der Waals surface area contributed by atoms with Gasteiger partial charge in [-0.1, -0.05) is 318 Å². The molecule has 0 radical (unpaired) electrons. The standard InChI is InChI=1S/C71H124O6/c1-4-7-10-13-16-19-22-25-27-29-31-33-34-35-36-37-38-39-41-42-44-46-49-52-55-58-61-64-70(73)76-67-68(66-75-69(72)63-60-57-54-51-48-24-21-18-15-12-9-6-3)77-71(74)65-62-59-56-53-50-47-45-43-40-32-30-28-26-23-20-17-14-11-8-5-2/h7,10,16,19,25,27,31,33,35-36,38-39,42,44,68H,4-6,8-9,11-15,17-18,20-24,26,28-30,32,34,37,40-41,43,45-67H2,1-3H3/b10-7-,19-16-,27-25-,33-31-,36-35-,39-38-,44-42-. The fourth-order valence-electron chi connectivity index (χ4n) is 9.48. The molecule has 0 heterocycles. The van der Waals surface area contributed by atoms with E-state index in [-0.39, 0.29) is 31.1 Å². The van der Waals surface area contributed by atoms with Crippen LogP contribution in [0.4, 0.5) is 0 Å². The molecule has 1 unspecified atom stereocenters. The van der Waals surface area contributed by atoms with Gasteiger partial charge in [-0.3, -0.25) is 14.4 Å². The molecule has 0 aliphatic rings. The average molecular weight is 1070 g/mol. The summed E-state index contributed by atoms with van der Waals surface area (Å²) in [7, 11) is 0. The van der Waals surface area contributed by atoms with Gasteiger partial charge in [-0.25, -0.2) is 0 Å². The zero-order chi connectivity index (χ0) is 55.7. The largest absolute Gasteiger partial charge is 0.462 e. The number of rotatable bonds is 60.